The van der Waals surface area contributed by atoms with Gasteiger partial charge in [0.2, 0.25) is 0 Å². The number of nitrogens with zero attached hydrogens (tertiary/aromatic N) is 1. The summed E-state index contributed by atoms with van der Waals surface area (Å²) in [6, 6.07) is 0. The summed E-state index contributed by atoms with van der Waals surface area (Å²) in [5.74, 6) is 1.52. The van der Waals surface area contributed by atoms with Crippen molar-refractivity contribution in [3.05, 3.63) is 18.4 Å². The number of hydrogen-bond acceptors (Lipinski definition) is 4. The molecule has 0 aromatic carbocycles. The Morgan fingerprint density at radius 1 is 1.64 bits per heavy atom. The van der Waals surface area contributed by atoms with E-state index < -0.39 is 0 Å². The van der Waals surface area contributed by atoms with Gasteiger partial charge in [-0.1, -0.05) is 0 Å². The van der Waals surface area contributed by atoms with E-state index in [0.717, 1.165) is 31.9 Å². The first kappa shape index (κ1) is 9.68. The van der Waals surface area contributed by atoms with Crippen molar-refractivity contribution in [1.29, 1.82) is 0 Å². The molecule has 1 aromatic rings. The topological polar surface area (TPSA) is 47.3 Å². The number of ether oxygens (including phenoxy) is 1. The number of hydrogen-bond donors (Lipinski definition) is 1. The van der Waals surface area contributed by atoms with Crippen LogP contribution in [-0.2, 0) is 11.3 Å². The molecule has 2 atom stereocenters. The van der Waals surface area contributed by atoms with Crippen molar-refractivity contribution in [2.75, 3.05) is 13.2 Å². The predicted molar refractivity (Wildman–Crippen MR) is 51.7 cm³/mol. The number of rotatable bonds is 4. The lowest BCUT2D eigenvalue weighted by atomic mass is 10.0. The Morgan fingerprint density at radius 2 is 2.57 bits per heavy atom. The largest absolute Gasteiger partial charge is 0.447 e. The number of nitrogens with one attached hydrogen (secondary N) is 1. The molecule has 4 nitrogen and oxygen atoms in total. The van der Waals surface area contributed by atoms with Crippen LogP contribution < -0.4 is 5.32 Å². The quantitative estimate of drug-likeness (QED) is 0.785. The SMILES string of the molecule is CC1OCCC1CNCc1cnco1. The highest BCUT2D eigenvalue weighted by atomic mass is 16.5. The van der Waals surface area contributed by atoms with Crippen molar-refractivity contribution in [3.63, 3.8) is 0 Å². The van der Waals surface area contributed by atoms with Crippen LogP contribution in [-0.4, -0.2) is 24.2 Å². The van der Waals surface area contributed by atoms with E-state index in [1.165, 1.54) is 6.39 Å². The van der Waals surface area contributed by atoms with Crippen molar-refractivity contribution in [1.82, 2.24) is 10.3 Å². The molecule has 78 valence electrons. The van der Waals surface area contributed by atoms with Crippen molar-refractivity contribution >= 4 is 0 Å². The van der Waals surface area contributed by atoms with E-state index in [1.54, 1.807) is 6.20 Å². The molecular formula is C10H16N2O2. The maximum atomic E-state index is 5.48. The standard InChI is InChI=1S/C10H16N2O2/c1-8-9(2-3-13-8)4-11-5-10-6-12-7-14-10/h6-9,11H,2-5H2,1H3. The van der Waals surface area contributed by atoms with Crippen molar-refractivity contribution in [2.45, 2.75) is 26.0 Å². The maximum absolute atomic E-state index is 5.48. The van der Waals surface area contributed by atoms with Crippen LogP contribution in [0.15, 0.2) is 17.0 Å². The molecule has 0 spiro atoms. The molecule has 1 N–H and O–H groups in total. The second-order valence-corrected chi connectivity index (χ2v) is 3.72. The van der Waals surface area contributed by atoms with Gasteiger partial charge in [-0.15, -0.1) is 0 Å². The average Bonchev–Trinajstić information content (AvgIpc) is 2.78. The van der Waals surface area contributed by atoms with Gasteiger partial charge in [-0.3, -0.25) is 0 Å². The van der Waals surface area contributed by atoms with E-state index in [9.17, 15) is 0 Å². The van der Waals surface area contributed by atoms with Crippen LogP contribution in [0.4, 0.5) is 0 Å². The molecule has 1 aliphatic heterocycles. The fourth-order valence-corrected chi connectivity index (χ4v) is 1.75. The summed E-state index contributed by atoms with van der Waals surface area (Å²) < 4.78 is 10.6. The Kier molecular flexibility index (Phi) is 3.16. The van der Waals surface area contributed by atoms with Crippen LogP contribution >= 0.6 is 0 Å². The molecule has 14 heavy (non-hydrogen) atoms. The summed E-state index contributed by atoms with van der Waals surface area (Å²) in [5, 5.41) is 3.35. The summed E-state index contributed by atoms with van der Waals surface area (Å²) >= 11 is 0. The second-order valence-electron chi connectivity index (χ2n) is 3.72. The van der Waals surface area contributed by atoms with Gasteiger partial charge < -0.3 is 14.5 Å². The Labute approximate surface area is 83.7 Å². The van der Waals surface area contributed by atoms with Gasteiger partial charge in [-0.2, -0.15) is 0 Å². The zero-order chi connectivity index (χ0) is 9.80. The lowest BCUT2D eigenvalue weighted by Gasteiger charge is -2.13. The van der Waals surface area contributed by atoms with E-state index in [1.807, 2.05) is 0 Å². The smallest absolute Gasteiger partial charge is 0.180 e. The molecule has 0 bridgehead atoms. The second kappa shape index (κ2) is 4.57. The zero-order valence-electron chi connectivity index (χ0n) is 8.40. The summed E-state index contributed by atoms with van der Waals surface area (Å²) in [6.07, 6.45) is 4.74. The zero-order valence-corrected chi connectivity index (χ0v) is 8.40. The predicted octanol–water partition coefficient (Wildman–Crippen LogP) is 1.19. The van der Waals surface area contributed by atoms with Gasteiger partial charge >= 0.3 is 0 Å². The van der Waals surface area contributed by atoms with Crippen LogP contribution in [0.1, 0.15) is 19.1 Å². The third-order valence-corrected chi connectivity index (χ3v) is 2.72. The van der Waals surface area contributed by atoms with Gasteiger partial charge in [0.1, 0.15) is 5.76 Å². The van der Waals surface area contributed by atoms with E-state index in [2.05, 4.69) is 17.2 Å². The van der Waals surface area contributed by atoms with E-state index in [4.69, 9.17) is 9.15 Å². The Bertz CT molecular complexity index is 261. The van der Waals surface area contributed by atoms with Crippen LogP contribution in [0.2, 0.25) is 0 Å². The summed E-state index contributed by atoms with van der Waals surface area (Å²) in [5.41, 5.74) is 0. The average molecular weight is 196 g/mol. The number of oxazole rings is 1. The molecule has 1 aliphatic rings. The third-order valence-electron chi connectivity index (χ3n) is 2.72. The minimum atomic E-state index is 0.386. The molecule has 1 aromatic heterocycles. The summed E-state index contributed by atoms with van der Waals surface area (Å²) in [4.78, 5) is 3.86. The van der Waals surface area contributed by atoms with Crippen molar-refractivity contribution in [3.8, 4) is 0 Å². The van der Waals surface area contributed by atoms with E-state index >= 15 is 0 Å². The molecule has 2 unspecified atom stereocenters. The van der Waals surface area contributed by atoms with Gasteiger partial charge in [-0.25, -0.2) is 4.98 Å². The fraction of sp³-hybridized carbons (Fsp3) is 0.700. The molecule has 0 radical (unpaired) electrons. The van der Waals surface area contributed by atoms with Gasteiger partial charge in [-0.05, 0) is 19.3 Å². The van der Waals surface area contributed by atoms with Crippen molar-refractivity contribution < 1.29 is 9.15 Å². The molecule has 0 aliphatic carbocycles. The lowest BCUT2D eigenvalue weighted by Crippen LogP contribution is -2.26. The highest BCUT2D eigenvalue weighted by Gasteiger charge is 2.23. The third kappa shape index (κ3) is 2.33. The molecule has 1 fully saturated rings. The molecule has 2 heterocycles. The Morgan fingerprint density at radius 3 is 3.21 bits per heavy atom. The van der Waals surface area contributed by atoms with Crippen LogP contribution in [0.5, 0.6) is 0 Å². The molecule has 4 heteroatoms. The highest BCUT2D eigenvalue weighted by Crippen LogP contribution is 2.19. The van der Waals surface area contributed by atoms with Gasteiger partial charge in [0.05, 0.1) is 18.8 Å². The van der Waals surface area contributed by atoms with Crippen LogP contribution in [0.3, 0.4) is 0 Å². The Hall–Kier alpha value is -0.870. The van der Waals surface area contributed by atoms with E-state index in [-0.39, 0.29) is 0 Å². The first-order valence-electron chi connectivity index (χ1n) is 5.06. The van der Waals surface area contributed by atoms with E-state index in [0.29, 0.717) is 12.0 Å². The maximum Gasteiger partial charge on any atom is 0.180 e. The monoisotopic (exact) mass is 196 g/mol. The first-order chi connectivity index (χ1) is 6.86. The fourth-order valence-electron chi connectivity index (χ4n) is 1.75. The normalized spacial score (nSPS) is 26.9. The summed E-state index contributed by atoms with van der Waals surface area (Å²) in [7, 11) is 0. The van der Waals surface area contributed by atoms with Crippen LogP contribution in [0.25, 0.3) is 0 Å². The van der Waals surface area contributed by atoms with Gasteiger partial charge in [0.15, 0.2) is 6.39 Å². The molecule has 2 rings (SSSR count). The highest BCUT2D eigenvalue weighted by molar-refractivity contribution is 4.87. The van der Waals surface area contributed by atoms with Crippen molar-refractivity contribution in [2.24, 2.45) is 5.92 Å². The van der Waals surface area contributed by atoms with Crippen LogP contribution in [0, 0.1) is 5.92 Å². The number of aromatic nitrogens is 1. The summed E-state index contributed by atoms with van der Waals surface area (Å²) in [6.45, 7) is 4.77. The molecular weight excluding hydrogens is 180 g/mol. The van der Waals surface area contributed by atoms with Gasteiger partial charge in [0.25, 0.3) is 0 Å². The lowest BCUT2D eigenvalue weighted by molar-refractivity contribution is 0.105. The minimum absolute atomic E-state index is 0.386. The molecule has 0 saturated carbocycles. The molecule has 0 amide bonds. The minimum Gasteiger partial charge on any atom is -0.447 e. The van der Waals surface area contributed by atoms with Gasteiger partial charge in [0, 0.05) is 13.2 Å². The Balaban J connectivity index is 1.68. The first-order valence-corrected chi connectivity index (χ1v) is 5.06. The molecule has 1 saturated heterocycles.